The van der Waals surface area contributed by atoms with Gasteiger partial charge in [0.2, 0.25) is 12.7 Å². The molecule has 0 radical (unpaired) electrons. The van der Waals surface area contributed by atoms with E-state index in [4.69, 9.17) is 14.5 Å². The molecule has 6 heteroatoms. The molecule has 0 bridgehead atoms. The molecule has 0 N–H and O–H groups in total. The molecular formula is C24H19FN2O2S. The summed E-state index contributed by atoms with van der Waals surface area (Å²) >= 11 is 1.60. The van der Waals surface area contributed by atoms with E-state index in [0.717, 1.165) is 38.6 Å². The summed E-state index contributed by atoms with van der Waals surface area (Å²) in [4.78, 5) is 6.80. The van der Waals surface area contributed by atoms with Gasteiger partial charge in [0, 0.05) is 0 Å². The van der Waals surface area contributed by atoms with Crippen LogP contribution in [0.25, 0.3) is 10.2 Å². The summed E-state index contributed by atoms with van der Waals surface area (Å²) in [7, 11) is 0. The number of halogens is 1. The molecule has 4 aromatic rings. The molecule has 0 fully saturated rings. The van der Waals surface area contributed by atoms with Crippen molar-refractivity contribution in [1.29, 1.82) is 0 Å². The summed E-state index contributed by atoms with van der Waals surface area (Å²) < 4.78 is 25.2. The Hall–Kier alpha value is -3.38. The Balaban J connectivity index is 1.50. The number of hydrogen-bond donors (Lipinski definition) is 0. The minimum Gasteiger partial charge on any atom is -0.459 e. The molecule has 5 rings (SSSR count). The third kappa shape index (κ3) is 3.74. The average molecular weight is 418 g/mol. The zero-order valence-corrected chi connectivity index (χ0v) is 17.2. The predicted molar refractivity (Wildman–Crippen MR) is 117 cm³/mol. The number of thiazole rings is 1. The first-order valence-electron chi connectivity index (χ1n) is 9.61. The van der Waals surface area contributed by atoms with Crippen LogP contribution in [0.4, 0.5) is 15.2 Å². The lowest BCUT2D eigenvalue weighted by atomic mass is 10.1. The van der Waals surface area contributed by atoms with Crippen molar-refractivity contribution in [2.75, 3.05) is 11.7 Å². The van der Waals surface area contributed by atoms with Crippen molar-refractivity contribution in [1.82, 2.24) is 4.98 Å². The maximum Gasteiger partial charge on any atom is 0.239 e. The molecule has 1 aromatic heterocycles. The normalized spacial score (nSPS) is 13.1. The first-order chi connectivity index (χ1) is 14.7. The second kappa shape index (κ2) is 7.80. The van der Waals surface area contributed by atoms with Crippen LogP contribution in [0.3, 0.4) is 0 Å². The molecule has 0 aliphatic carbocycles. The second-order valence-electron chi connectivity index (χ2n) is 7.16. The number of hydrogen-bond acceptors (Lipinski definition) is 5. The van der Waals surface area contributed by atoms with E-state index in [2.05, 4.69) is 31.2 Å². The lowest BCUT2D eigenvalue weighted by Crippen LogP contribution is -2.16. The third-order valence-electron chi connectivity index (χ3n) is 4.93. The van der Waals surface area contributed by atoms with Crippen LogP contribution in [0.2, 0.25) is 0 Å². The number of aromatic nitrogens is 1. The van der Waals surface area contributed by atoms with Crippen LogP contribution in [-0.2, 0) is 15.9 Å². The van der Waals surface area contributed by atoms with Crippen molar-refractivity contribution in [3.8, 4) is 0 Å². The lowest BCUT2D eigenvalue weighted by Gasteiger charge is -2.20. The molecule has 3 aromatic carbocycles. The van der Waals surface area contributed by atoms with Gasteiger partial charge in [0.1, 0.15) is 12.1 Å². The number of nitrogens with zero attached hydrogens (tertiary/aromatic N) is 2. The number of aryl methyl sites for hydroxylation is 1. The van der Waals surface area contributed by atoms with Crippen LogP contribution in [0.15, 0.2) is 78.9 Å². The van der Waals surface area contributed by atoms with Gasteiger partial charge in [-0.15, -0.1) is 0 Å². The smallest absolute Gasteiger partial charge is 0.239 e. The van der Waals surface area contributed by atoms with Gasteiger partial charge in [0.25, 0.3) is 0 Å². The van der Waals surface area contributed by atoms with Crippen LogP contribution in [0.5, 0.6) is 0 Å². The quantitative estimate of drug-likeness (QED) is 0.382. The zero-order valence-electron chi connectivity index (χ0n) is 16.3. The molecule has 4 nitrogen and oxygen atoms in total. The summed E-state index contributed by atoms with van der Waals surface area (Å²) in [5.74, 6) is 0.398. The number of fused-ring (bicyclic) bond motifs is 1. The molecule has 0 atom stereocenters. The van der Waals surface area contributed by atoms with Gasteiger partial charge in [-0.1, -0.05) is 47.2 Å². The van der Waals surface area contributed by atoms with Crippen LogP contribution >= 0.6 is 11.3 Å². The summed E-state index contributed by atoms with van der Waals surface area (Å²) in [5, 5.41) is 0.810. The Morgan fingerprint density at radius 2 is 1.77 bits per heavy atom. The third-order valence-corrected chi connectivity index (χ3v) is 5.93. The van der Waals surface area contributed by atoms with Crippen LogP contribution in [0.1, 0.15) is 16.7 Å². The Labute approximate surface area is 177 Å². The number of ether oxygens (including phenoxy) is 2. The van der Waals surface area contributed by atoms with E-state index < -0.39 is 0 Å². The fourth-order valence-electron chi connectivity index (χ4n) is 3.38. The Morgan fingerprint density at radius 3 is 2.50 bits per heavy atom. The van der Waals surface area contributed by atoms with E-state index in [1.807, 2.05) is 35.2 Å². The van der Waals surface area contributed by atoms with E-state index in [0.29, 0.717) is 5.88 Å². The number of rotatable bonds is 5. The van der Waals surface area contributed by atoms with Gasteiger partial charge < -0.3 is 9.47 Å². The maximum atomic E-state index is 13.2. The van der Waals surface area contributed by atoms with Crippen molar-refractivity contribution in [2.45, 2.75) is 13.3 Å². The van der Waals surface area contributed by atoms with E-state index in [1.165, 1.54) is 17.7 Å². The minimum absolute atomic E-state index is 0.199. The zero-order chi connectivity index (χ0) is 20.5. The molecule has 150 valence electrons. The maximum absolute atomic E-state index is 13.2. The summed E-state index contributed by atoms with van der Waals surface area (Å²) in [6.07, 6.45) is 2.36. The fourth-order valence-corrected chi connectivity index (χ4v) is 4.43. The highest BCUT2D eigenvalue weighted by molar-refractivity contribution is 7.22. The van der Waals surface area contributed by atoms with E-state index in [-0.39, 0.29) is 12.6 Å². The van der Waals surface area contributed by atoms with Crippen molar-refractivity contribution in [2.24, 2.45) is 0 Å². The lowest BCUT2D eigenvalue weighted by molar-refractivity contribution is 0.0798. The van der Waals surface area contributed by atoms with Gasteiger partial charge >= 0.3 is 0 Å². The Kier molecular flexibility index (Phi) is 4.85. The highest BCUT2D eigenvalue weighted by Gasteiger charge is 2.23. The van der Waals surface area contributed by atoms with Crippen molar-refractivity contribution >= 4 is 32.4 Å². The van der Waals surface area contributed by atoms with Crippen LogP contribution < -0.4 is 4.90 Å². The topological polar surface area (TPSA) is 34.6 Å². The van der Waals surface area contributed by atoms with Gasteiger partial charge in [-0.2, -0.15) is 0 Å². The van der Waals surface area contributed by atoms with E-state index >= 15 is 0 Å². The molecule has 1 aliphatic rings. The van der Waals surface area contributed by atoms with Crippen molar-refractivity contribution < 1.29 is 13.9 Å². The second-order valence-corrected chi connectivity index (χ2v) is 8.17. The van der Waals surface area contributed by atoms with Gasteiger partial charge in [-0.25, -0.2) is 9.37 Å². The van der Waals surface area contributed by atoms with Crippen molar-refractivity contribution in [3.05, 3.63) is 101 Å². The van der Waals surface area contributed by atoms with Crippen LogP contribution in [-0.4, -0.2) is 11.8 Å². The predicted octanol–water partition coefficient (Wildman–Crippen LogP) is 6.28. The molecule has 0 saturated carbocycles. The van der Waals surface area contributed by atoms with E-state index in [9.17, 15) is 4.39 Å². The first kappa shape index (κ1) is 18.6. The molecule has 0 saturated heterocycles. The first-order valence-corrected chi connectivity index (χ1v) is 10.4. The van der Waals surface area contributed by atoms with Gasteiger partial charge in [0.05, 0.1) is 15.9 Å². The number of anilines is 2. The molecule has 2 heterocycles. The van der Waals surface area contributed by atoms with Gasteiger partial charge in [0.15, 0.2) is 5.13 Å². The standard InChI is InChI=1S/C24H19FN2O2S/c1-16-2-9-20(10-3-16)27(23-14-28-15-29-23)24-26-21-11-6-18(13-22(21)30-24)12-17-4-7-19(25)8-5-17/h2-11,13-14H,12,15H2,1H3. The molecule has 0 amide bonds. The molecule has 1 aliphatic heterocycles. The van der Waals surface area contributed by atoms with Gasteiger partial charge in [-0.3, -0.25) is 4.90 Å². The molecule has 0 spiro atoms. The number of benzene rings is 3. The largest absolute Gasteiger partial charge is 0.459 e. The highest BCUT2D eigenvalue weighted by atomic mass is 32.1. The molecule has 30 heavy (non-hydrogen) atoms. The Bertz CT molecular complexity index is 1220. The summed E-state index contributed by atoms with van der Waals surface area (Å²) in [6, 6.07) is 21.1. The van der Waals surface area contributed by atoms with Gasteiger partial charge in [-0.05, 0) is 60.9 Å². The average Bonchev–Trinajstić information content (AvgIpc) is 3.41. The molecular weight excluding hydrogens is 399 g/mol. The SMILES string of the molecule is Cc1ccc(N(C2=COCO2)c2nc3ccc(Cc4ccc(F)cc4)cc3s2)cc1. The summed E-state index contributed by atoms with van der Waals surface area (Å²) in [6.45, 7) is 2.26. The summed E-state index contributed by atoms with van der Waals surface area (Å²) in [5.41, 5.74) is 5.30. The van der Waals surface area contributed by atoms with E-state index in [1.54, 1.807) is 17.6 Å². The van der Waals surface area contributed by atoms with Crippen LogP contribution in [0, 0.1) is 12.7 Å². The monoisotopic (exact) mass is 418 g/mol. The molecule has 0 unspecified atom stereocenters. The fraction of sp³-hybridized carbons (Fsp3) is 0.125. The highest BCUT2D eigenvalue weighted by Crippen LogP contribution is 2.37. The minimum atomic E-state index is -0.218. The van der Waals surface area contributed by atoms with Crippen molar-refractivity contribution in [3.63, 3.8) is 0 Å². The Morgan fingerprint density at radius 1 is 1.00 bits per heavy atom.